The third-order valence-corrected chi connectivity index (χ3v) is 3.20. The van der Waals surface area contributed by atoms with Crippen molar-refractivity contribution in [3.05, 3.63) is 0 Å². The minimum atomic E-state index is -0.374. The van der Waals surface area contributed by atoms with Crippen molar-refractivity contribution in [1.29, 1.82) is 0 Å². The fourth-order valence-electron chi connectivity index (χ4n) is 2.85. The molecule has 2 heteroatoms. The lowest BCUT2D eigenvalue weighted by molar-refractivity contribution is -0.0532. The zero-order chi connectivity index (χ0) is 7.90. The summed E-state index contributed by atoms with van der Waals surface area (Å²) in [4.78, 5) is 0. The highest BCUT2D eigenvalue weighted by Crippen LogP contribution is 2.41. The molecule has 64 valence electrons. The molecule has 0 amide bonds. The average Bonchev–Trinajstić information content (AvgIpc) is 1.82. The van der Waals surface area contributed by atoms with Crippen LogP contribution in [0.15, 0.2) is 0 Å². The molecule has 11 heavy (non-hydrogen) atoms. The molecule has 0 saturated heterocycles. The molecule has 3 atom stereocenters. The van der Waals surface area contributed by atoms with E-state index in [-0.39, 0.29) is 11.6 Å². The predicted molar refractivity (Wildman–Crippen MR) is 44.1 cm³/mol. The standard InChI is InChI=1S/C9H17NO/c10-8-4-7-2-1-3-9(11,5-7)6-8/h7-8,11H,1-6,10H2/t7-,8-,9+/m1/s1. The molecule has 2 bridgehead atoms. The third kappa shape index (κ3) is 1.42. The molecular weight excluding hydrogens is 138 g/mol. The Balaban J connectivity index is 2.09. The van der Waals surface area contributed by atoms with Crippen LogP contribution < -0.4 is 5.73 Å². The summed E-state index contributed by atoms with van der Waals surface area (Å²) >= 11 is 0. The summed E-state index contributed by atoms with van der Waals surface area (Å²) in [5, 5.41) is 9.99. The van der Waals surface area contributed by atoms with E-state index in [1.807, 2.05) is 0 Å². The van der Waals surface area contributed by atoms with Crippen molar-refractivity contribution in [3.63, 3.8) is 0 Å². The van der Waals surface area contributed by atoms with Crippen molar-refractivity contribution in [3.8, 4) is 0 Å². The normalized spacial score (nSPS) is 50.7. The monoisotopic (exact) mass is 155 g/mol. The molecule has 0 radical (unpaired) electrons. The molecular formula is C9H17NO. The van der Waals surface area contributed by atoms with Crippen LogP contribution in [0.4, 0.5) is 0 Å². The molecule has 0 aliphatic heterocycles. The van der Waals surface area contributed by atoms with Crippen molar-refractivity contribution in [2.45, 2.75) is 50.2 Å². The molecule has 2 aliphatic carbocycles. The maximum Gasteiger partial charge on any atom is 0.0665 e. The van der Waals surface area contributed by atoms with Gasteiger partial charge in [-0.2, -0.15) is 0 Å². The van der Waals surface area contributed by atoms with Crippen LogP contribution in [0.25, 0.3) is 0 Å². The first-order valence-electron chi connectivity index (χ1n) is 4.66. The maximum atomic E-state index is 9.99. The lowest BCUT2D eigenvalue weighted by atomic mass is 9.68. The van der Waals surface area contributed by atoms with Gasteiger partial charge in [-0.25, -0.2) is 0 Å². The van der Waals surface area contributed by atoms with Crippen molar-refractivity contribution in [2.24, 2.45) is 11.7 Å². The van der Waals surface area contributed by atoms with Crippen LogP contribution in [-0.2, 0) is 0 Å². The van der Waals surface area contributed by atoms with Gasteiger partial charge >= 0.3 is 0 Å². The lowest BCUT2D eigenvalue weighted by Crippen LogP contribution is -2.47. The molecule has 0 aromatic heterocycles. The summed E-state index contributed by atoms with van der Waals surface area (Å²) in [6.45, 7) is 0. The number of nitrogens with two attached hydrogens (primary N) is 1. The fourth-order valence-corrected chi connectivity index (χ4v) is 2.85. The van der Waals surface area contributed by atoms with Crippen LogP contribution in [0.2, 0.25) is 0 Å². The van der Waals surface area contributed by atoms with Crippen LogP contribution in [0.5, 0.6) is 0 Å². The Morgan fingerprint density at radius 2 is 2.18 bits per heavy atom. The highest BCUT2D eigenvalue weighted by Gasteiger charge is 2.40. The van der Waals surface area contributed by atoms with E-state index in [1.54, 1.807) is 0 Å². The maximum absolute atomic E-state index is 9.99. The van der Waals surface area contributed by atoms with Crippen molar-refractivity contribution in [2.75, 3.05) is 0 Å². The Bertz CT molecular complexity index is 156. The topological polar surface area (TPSA) is 46.2 Å². The Hall–Kier alpha value is -0.0800. The van der Waals surface area contributed by atoms with E-state index in [4.69, 9.17) is 5.73 Å². The molecule has 0 aromatic carbocycles. The molecule has 2 fully saturated rings. The second-order valence-corrected chi connectivity index (χ2v) is 4.39. The Labute approximate surface area is 67.8 Å². The number of rotatable bonds is 0. The third-order valence-electron chi connectivity index (χ3n) is 3.20. The highest BCUT2D eigenvalue weighted by atomic mass is 16.3. The minimum Gasteiger partial charge on any atom is -0.390 e. The van der Waals surface area contributed by atoms with Crippen molar-refractivity contribution in [1.82, 2.24) is 0 Å². The molecule has 3 N–H and O–H groups in total. The molecule has 2 saturated carbocycles. The second kappa shape index (κ2) is 2.46. The van der Waals surface area contributed by atoms with Crippen LogP contribution in [-0.4, -0.2) is 16.7 Å². The Kier molecular flexibility index (Phi) is 1.69. The lowest BCUT2D eigenvalue weighted by Gasteiger charge is -2.44. The summed E-state index contributed by atoms with van der Waals surface area (Å²) in [7, 11) is 0. The zero-order valence-electron chi connectivity index (χ0n) is 6.92. The molecule has 0 spiro atoms. The van der Waals surface area contributed by atoms with E-state index in [9.17, 15) is 5.11 Å². The summed E-state index contributed by atoms with van der Waals surface area (Å²) < 4.78 is 0. The van der Waals surface area contributed by atoms with Gasteiger partial charge in [-0.05, 0) is 31.6 Å². The molecule has 2 rings (SSSR count). The second-order valence-electron chi connectivity index (χ2n) is 4.39. The van der Waals surface area contributed by atoms with Gasteiger partial charge in [-0.3, -0.25) is 0 Å². The molecule has 2 aliphatic rings. The Morgan fingerprint density at radius 3 is 2.91 bits per heavy atom. The van der Waals surface area contributed by atoms with E-state index in [1.165, 1.54) is 12.8 Å². The summed E-state index contributed by atoms with van der Waals surface area (Å²) in [6.07, 6.45) is 6.47. The van der Waals surface area contributed by atoms with E-state index in [0.29, 0.717) is 0 Å². The van der Waals surface area contributed by atoms with Crippen LogP contribution >= 0.6 is 0 Å². The average molecular weight is 155 g/mol. The van der Waals surface area contributed by atoms with E-state index in [0.717, 1.165) is 31.6 Å². The van der Waals surface area contributed by atoms with Crippen LogP contribution in [0.1, 0.15) is 38.5 Å². The zero-order valence-corrected chi connectivity index (χ0v) is 6.92. The van der Waals surface area contributed by atoms with Gasteiger partial charge in [-0.15, -0.1) is 0 Å². The van der Waals surface area contributed by atoms with Crippen molar-refractivity contribution < 1.29 is 5.11 Å². The summed E-state index contributed by atoms with van der Waals surface area (Å²) in [6, 6.07) is 0.263. The van der Waals surface area contributed by atoms with Gasteiger partial charge in [0.2, 0.25) is 0 Å². The van der Waals surface area contributed by atoms with Gasteiger partial charge in [0.25, 0.3) is 0 Å². The SMILES string of the molecule is N[C@@H]1C[C@H]2CCC[C@@](O)(C1)C2. The quantitative estimate of drug-likeness (QED) is 0.549. The first kappa shape index (κ1) is 7.56. The predicted octanol–water partition coefficient (Wildman–Crippen LogP) is 1.03. The van der Waals surface area contributed by atoms with Crippen molar-refractivity contribution >= 4 is 0 Å². The number of aliphatic hydroxyl groups is 1. The largest absolute Gasteiger partial charge is 0.390 e. The fraction of sp³-hybridized carbons (Fsp3) is 1.00. The first-order valence-corrected chi connectivity index (χ1v) is 4.66. The minimum absolute atomic E-state index is 0.263. The molecule has 2 nitrogen and oxygen atoms in total. The number of fused-ring (bicyclic) bond motifs is 2. The van der Waals surface area contributed by atoms with Gasteiger partial charge in [0, 0.05) is 6.04 Å². The summed E-state index contributed by atoms with van der Waals surface area (Å²) in [5.74, 6) is 0.720. The smallest absolute Gasteiger partial charge is 0.0665 e. The van der Waals surface area contributed by atoms with Gasteiger partial charge in [0.1, 0.15) is 0 Å². The van der Waals surface area contributed by atoms with E-state index < -0.39 is 0 Å². The number of hydrogen-bond acceptors (Lipinski definition) is 2. The molecule has 0 heterocycles. The summed E-state index contributed by atoms with van der Waals surface area (Å²) in [5.41, 5.74) is 5.48. The molecule has 0 unspecified atom stereocenters. The van der Waals surface area contributed by atoms with Crippen LogP contribution in [0, 0.1) is 5.92 Å². The first-order chi connectivity index (χ1) is 5.18. The highest BCUT2D eigenvalue weighted by molar-refractivity contribution is 4.95. The van der Waals surface area contributed by atoms with Gasteiger partial charge in [0.15, 0.2) is 0 Å². The Morgan fingerprint density at radius 1 is 1.36 bits per heavy atom. The van der Waals surface area contributed by atoms with Gasteiger partial charge < -0.3 is 10.8 Å². The van der Waals surface area contributed by atoms with Gasteiger partial charge in [-0.1, -0.05) is 12.8 Å². The van der Waals surface area contributed by atoms with Crippen LogP contribution in [0.3, 0.4) is 0 Å². The van der Waals surface area contributed by atoms with E-state index in [2.05, 4.69) is 0 Å². The number of hydrogen-bond donors (Lipinski definition) is 2. The van der Waals surface area contributed by atoms with E-state index >= 15 is 0 Å². The van der Waals surface area contributed by atoms with Gasteiger partial charge in [0.05, 0.1) is 5.60 Å². The molecule has 0 aromatic rings.